The third-order valence-corrected chi connectivity index (χ3v) is 11.6. The molecular formula is C54H34N2O2. The molecule has 0 bridgehead atoms. The van der Waals surface area contributed by atoms with E-state index in [9.17, 15) is 0 Å². The number of hydrogen-bond donors (Lipinski definition) is 0. The van der Waals surface area contributed by atoms with Gasteiger partial charge in [0.1, 0.15) is 16.7 Å². The van der Waals surface area contributed by atoms with E-state index in [-0.39, 0.29) is 0 Å². The molecule has 0 fully saturated rings. The van der Waals surface area contributed by atoms with Gasteiger partial charge in [-0.2, -0.15) is 0 Å². The molecule has 0 saturated carbocycles. The van der Waals surface area contributed by atoms with Gasteiger partial charge in [0.2, 0.25) is 0 Å². The van der Waals surface area contributed by atoms with E-state index in [1.165, 1.54) is 21.8 Å². The molecule has 0 spiro atoms. The summed E-state index contributed by atoms with van der Waals surface area (Å²) in [6.07, 6.45) is 0. The zero-order valence-corrected chi connectivity index (χ0v) is 31.3. The van der Waals surface area contributed by atoms with Gasteiger partial charge in [-0.25, -0.2) is 0 Å². The van der Waals surface area contributed by atoms with E-state index in [0.717, 1.165) is 88.9 Å². The van der Waals surface area contributed by atoms with Crippen LogP contribution in [0.1, 0.15) is 0 Å². The molecule has 272 valence electrons. The van der Waals surface area contributed by atoms with E-state index >= 15 is 0 Å². The monoisotopic (exact) mass is 742 g/mol. The molecule has 0 N–H and O–H groups in total. The van der Waals surface area contributed by atoms with E-state index in [1.54, 1.807) is 0 Å². The highest BCUT2D eigenvalue weighted by Crippen LogP contribution is 2.49. The van der Waals surface area contributed by atoms with E-state index < -0.39 is 0 Å². The lowest BCUT2D eigenvalue weighted by atomic mass is 9.99. The molecule has 0 atom stereocenters. The van der Waals surface area contributed by atoms with Crippen LogP contribution in [0.15, 0.2) is 215 Å². The molecule has 0 saturated heterocycles. The number of aromatic nitrogens is 1. The summed E-state index contributed by atoms with van der Waals surface area (Å²) in [5, 5.41) is 6.72. The number of nitrogens with zero attached hydrogens (tertiary/aromatic N) is 2. The van der Waals surface area contributed by atoms with Gasteiger partial charge < -0.3 is 18.3 Å². The Labute approximate surface area is 334 Å². The first-order valence-electron chi connectivity index (χ1n) is 19.7. The van der Waals surface area contributed by atoms with Gasteiger partial charge in [0.15, 0.2) is 5.58 Å². The summed E-state index contributed by atoms with van der Waals surface area (Å²) < 4.78 is 16.2. The molecule has 4 heteroatoms. The second kappa shape index (κ2) is 12.9. The van der Waals surface area contributed by atoms with Crippen LogP contribution >= 0.6 is 0 Å². The van der Waals surface area contributed by atoms with E-state index in [0.29, 0.717) is 0 Å². The minimum Gasteiger partial charge on any atom is -0.455 e. The van der Waals surface area contributed by atoms with Crippen molar-refractivity contribution in [2.24, 2.45) is 0 Å². The zero-order chi connectivity index (χ0) is 38.2. The first kappa shape index (κ1) is 32.4. The SMILES string of the molecule is c1ccc(-c2cccc3c2oc2c(N(c4ccc(-n5c6ccccc6c6ccccc65)cc4)c4ccc(-c5ccccc5)c5oc6ccccc6c45)cccc23)cc1. The number of furan rings is 2. The molecule has 0 aliphatic heterocycles. The van der Waals surface area contributed by atoms with E-state index in [1.807, 2.05) is 12.1 Å². The fraction of sp³-hybridized carbons (Fsp3) is 0. The summed E-state index contributed by atoms with van der Waals surface area (Å²) in [6.45, 7) is 0. The normalized spacial score (nSPS) is 11.8. The Bertz CT molecular complexity index is 3450. The number of para-hydroxylation sites is 5. The van der Waals surface area contributed by atoms with Gasteiger partial charge in [0.25, 0.3) is 0 Å². The van der Waals surface area contributed by atoms with Crippen LogP contribution in [0.3, 0.4) is 0 Å². The van der Waals surface area contributed by atoms with Crippen molar-refractivity contribution in [1.29, 1.82) is 0 Å². The first-order valence-corrected chi connectivity index (χ1v) is 19.7. The second-order valence-corrected chi connectivity index (χ2v) is 14.8. The van der Waals surface area contributed by atoms with Crippen LogP contribution < -0.4 is 4.90 Å². The molecular weight excluding hydrogens is 709 g/mol. The number of benzene rings is 9. The highest BCUT2D eigenvalue weighted by molar-refractivity contribution is 6.19. The van der Waals surface area contributed by atoms with Gasteiger partial charge in [-0.3, -0.25) is 0 Å². The predicted molar refractivity (Wildman–Crippen MR) is 241 cm³/mol. The molecule has 9 aromatic carbocycles. The number of fused-ring (bicyclic) bond motifs is 9. The standard InChI is InChI=1S/C54H34N2O2/c1-3-15-35(16-4-1)39-22-13-23-43-44-24-14-27-49(53(44)58-52(39)43)56(38-31-29-37(30-32-38)55-46-25-10-7-19-41(46)42-20-8-11-26-47(42)55)48-34-33-40(36-17-5-2-6-18-36)54-51(48)45-21-9-12-28-50(45)57-54/h1-34H. The number of hydrogen-bond acceptors (Lipinski definition) is 3. The Hall–Kier alpha value is -7.82. The highest BCUT2D eigenvalue weighted by atomic mass is 16.3. The summed E-state index contributed by atoms with van der Waals surface area (Å²) in [5.41, 5.74) is 14.1. The Balaban J connectivity index is 1.13. The summed E-state index contributed by atoms with van der Waals surface area (Å²) in [4.78, 5) is 2.35. The van der Waals surface area contributed by atoms with E-state index in [2.05, 4.69) is 204 Å². The molecule has 0 radical (unpaired) electrons. The van der Waals surface area contributed by atoms with Crippen molar-refractivity contribution in [2.45, 2.75) is 0 Å². The molecule has 3 heterocycles. The van der Waals surface area contributed by atoms with Crippen molar-refractivity contribution in [3.8, 4) is 27.9 Å². The van der Waals surface area contributed by atoms with Crippen molar-refractivity contribution in [1.82, 2.24) is 4.57 Å². The maximum atomic E-state index is 7.08. The molecule has 0 aliphatic rings. The molecule has 0 unspecified atom stereocenters. The molecule has 58 heavy (non-hydrogen) atoms. The van der Waals surface area contributed by atoms with Gasteiger partial charge in [0, 0.05) is 49.4 Å². The smallest absolute Gasteiger partial charge is 0.159 e. The van der Waals surface area contributed by atoms with Gasteiger partial charge in [-0.05, 0) is 71.8 Å². The maximum absolute atomic E-state index is 7.08. The molecule has 0 amide bonds. The van der Waals surface area contributed by atoms with Gasteiger partial charge in [0.05, 0.1) is 27.8 Å². The van der Waals surface area contributed by atoms with Crippen LogP contribution in [-0.2, 0) is 0 Å². The lowest BCUT2D eigenvalue weighted by Crippen LogP contribution is -2.11. The lowest BCUT2D eigenvalue weighted by molar-refractivity contribution is 0.669. The van der Waals surface area contributed by atoms with Crippen LogP contribution in [0.4, 0.5) is 17.1 Å². The summed E-state index contributed by atoms with van der Waals surface area (Å²) >= 11 is 0. The van der Waals surface area contributed by atoms with Crippen molar-refractivity contribution >= 4 is 82.7 Å². The lowest BCUT2D eigenvalue weighted by Gasteiger charge is -2.27. The number of rotatable bonds is 6. The average Bonchev–Trinajstić information content (AvgIpc) is 3.98. The van der Waals surface area contributed by atoms with Crippen LogP contribution in [0.25, 0.3) is 93.6 Å². The Morgan fingerprint density at radius 3 is 1.59 bits per heavy atom. The molecule has 3 aromatic heterocycles. The molecule has 12 rings (SSSR count). The quantitative estimate of drug-likeness (QED) is 0.170. The van der Waals surface area contributed by atoms with Crippen LogP contribution in [-0.4, -0.2) is 4.57 Å². The number of anilines is 3. The van der Waals surface area contributed by atoms with Crippen molar-refractivity contribution in [3.05, 3.63) is 206 Å². The Kier molecular flexibility index (Phi) is 7.20. The van der Waals surface area contributed by atoms with Gasteiger partial charge >= 0.3 is 0 Å². The molecule has 4 nitrogen and oxygen atoms in total. The van der Waals surface area contributed by atoms with Crippen molar-refractivity contribution in [3.63, 3.8) is 0 Å². The predicted octanol–water partition coefficient (Wildman–Crippen LogP) is 15.4. The minimum absolute atomic E-state index is 0.820. The average molecular weight is 743 g/mol. The maximum Gasteiger partial charge on any atom is 0.159 e. The minimum atomic E-state index is 0.820. The Morgan fingerprint density at radius 2 is 0.897 bits per heavy atom. The molecule has 0 aliphatic carbocycles. The van der Waals surface area contributed by atoms with Crippen LogP contribution in [0, 0.1) is 0 Å². The van der Waals surface area contributed by atoms with Crippen LogP contribution in [0.5, 0.6) is 0 Å². The summed E-state index contributed by atoms with van der Waals surface area (Å²) in [7, 11) is 0. The highest BCUT2D eigenvalue weighted by Gasteiger charge is 2.25. The third-order valence-electron chi connectivity index (χ3n) is 11.6. The third kappa shape index (κ3) is 4.88. The van der Waals surface area contributed by atoms with Gasteiger partial charge in [-0.1, -0.05) is 146 Å². The first-order chi connectivity index (χ1) is 28.8. The largest absolute Gasteiger partial charge is 0.455 e. The Morgan fingerprint density at radius 1 is 0.345 bits per heavy atom. The summed E-state index contributed by atoms with van der Waals surface area (Å²) in [6, 6.07) is 72.9. The van der Waals surface area contributed by atoms with Crippen molar-refractivity contribution < 1.29 is 8.83 Å². The van der Waals surface area contributed by atoms with Crippen LogP contribution in [0.2, 0.25) is 0 Å². The topological polar surface area (TPSA) is 34.5 Å². The molecule has 12 aromatic rings. The summed E-state index contributed by atoms with van der Waals surface area (Å²) in [5.74, 6) is 0. The fourth-order valence-electron chi connectivity index (χ4n) is 9.03. The van der Waals surface area contributed by atoms with Gasteiger partial charge in [-0.15, -0.1) is 0 Å². The zero-order valence-electron chi connectivity index (χ0n) is 31.3. The fourth-order valence-corrected chi connectivity index (χ4v) is 9.03. The van der Waals surface area contributed by atoms with E-state index in [4.69, 9.17) is 8.83 Å². The van der Waals surface area contributed by atoms with Crippen molar-refractivity contribution in [2.75, 3.05) is 4.90 Å². The second-order valence-electron chi connectivity index (χ2n) is 14.8.